The first-order valence-corrected chi connectivity index (χ1v) is 7.01. The Morgan fingerprint density at radius 1 is 1.20 bits per heavy atom. The number of Topliss-reactive ketones (excluding diaryl/α,β-unsaturated/α-hetero) is 1. The number of hydrogen-bond acceptors (Lipinski definition) is 3. The summed E-state index contributed by atoms with van der Waals surface area (Å²) in [5, 5.41) is 2.59. The number of ketones is 1. The highest BCUT2D eigenvalue weighted by molar-refractivity contribution is 5.99. The molecule has 1 amide bonds. The van der Waals surface area contributed by atoms with E-state index in [0.717, 1.165) is 29.7 Å². The number of rotatable bonds is 7. The van der Waals surface area contributed by atoms with Gasteiger partial charge in [-0.2, -0.15) is 0 Å². The molecule has 0 saturated heterocycles. The molecule has 110 valence electrons. The molecule has 0 saturated carbocycles. The van der Waals surface area contributed by atoms with Crippen molar-refractivity contribution >= 4 is 11.7 Å². The molecule has 1 aromatic rings. The largest absolute Gasteiger partial charge is 0.358 e. The maximum atomic E-state index is 12.4. The van der Waals surface area contributed by atoms with Crippen LogP contribution >= 0.6 is 0 Å². The average molecular weight is 276 g/mol. The number of carbonyl (C=O) groups excluding carboxylic acids is 2. The lowest BCUT2D eigenvalue weighted by molar-refractivity contribution is -0.121. The number of hydrogen-bond donors (Lipinski definition) is 1. The molecule has 0 spiro atoms. The molecule has 4 nitrogen and oxygen atoms in total. The minimum atomic E-state index is -0.0631. The van der Waals surface area contributed by atoms with Gasteiger partial charge in [-0.1, -0.05) is 30.7 Å². The van der Waals surface area contributed by atoms with Crippen molar-refractivity contribution in [2.45, 2.75) is 27.2 Å². The lowest BCUT2D eigenvalue weighted by Gasteiger charge is -2.20. The second kappa shape index (κ2) is 7.80. The smallest absolute Gasteiger partial charge is 0.233 e. The van der Waals surface area contributed by atoms with Crippen LogP contribution in [0.25, 0.3) is 0 Å². The van der Waals surface area contributed by atoms with Crippen molar-refractivity contribution in [1.29, 1.82) is 0 Å². The Kier molecular flexibility index (Phi) is 6.39. The van der Waals surface area contributed by atoms with Crippen LogP contribution < -0.4 is 5.32 Å². The third-order valence-corrected chi connectivity index (χ3v) is 3.24. The number of benzene rings is 1. The predicted octanol–water partition coefficient (Wildman–Crippen LogP) is 1.94. The highest BCUT2D eigenvalue weighted by Crippen LogP contribution is 2.12. The van der Waals surface area contributed by atoms with Gasteiger partial charge in [0.2, 0.25) is 5.91 Å². The van der Waals surface area contributed by atoms with Crippen LogP contribution in [-0.2, 0) is 4.79 Å². The van der Waals surface area contributed by atoms with Crippen LogP contribution in [-0.4, -0.2) is 43.3 Å². The standard InChI is InChI=1S/C16H24N2O2/c1-5-8-18(11-16(20)17-4)10-15(19)14-7-6-12(2)9-13(14)3/h6-7,9H,5,8,10-11H2,1-4H3,(H,17,20). The fourth-order valence-corrected chi connectivity index (χ4v) is 2.23. The molecule has 0 aliphatic heterocycles. The lowest BCUT2D eigenvalue weighted by Crippen LogP contribution is -2.39. The van der Waals surface area contributed by atoms with E-state index in [1.165, 1.54) is 0 Å². The van der Waals surface area contributed by atoms with Crippen molar-refractivity contribution in [3.05, 3.63) is 34.9 Å². The zero-order valence-electron chi connectivity index (χ0n) is 12.8. The summed E-state index contributed by atoms with van der Waals surface area (Å²) in [6.45, 7) is 7.29. The van der Waals surface area contributed by atoms with Gasteiger partial charge < -0.3 is 5.32 Å². The van der Waals surface area contributed by atoms with E-state index in [9.17, 15) is 9.59 Å². The first kappa shape index (κ1) is 16.4. The highest BCUT2D eigenvalue weighted by atomic mass is 16.2. The van der Waals surface area contributed by atoms with Crippen LogP contribution in [0.15, 0.2) is 18.2 Å². The van der Waals surface area contributed by atoms with E-state index < -0.39 is 0 Å². The Balaban J connectivity index is 2.76. The van der Waals surface area contributed by atoms with Gasteiger partial charge in [0.05, 0.1) is 13.1 Å². The number of carbonyl (C=O) groups is 2. The van der Waals surface area contributed by atoms with Gasteiger partial charge >= 0.3 is 0 Å². The molecule has 0 aliphatic rings. The minimum Gasteiger partial charge on any atom is -0.358 e. The molecular weight excluding hydrogens is 252 g/mol. The van der Waals surface area contributed by atoms with Crippen LogP contribution in [0, 0.1) is 13.8 Å². The molecule has 4 heteroatoms. The second-order valence-electron chi connectivity index (χ2n) is 5.13. The monoisotopic (exact) mass is 276 g/mol. The van der Waals surface area contributed by atoms with Crippen LogP contribution in [0.3, 0.4) is 0 Å². The summed E-state index contributed by atoms with van der Waals surface area (Å²) in [4.78, 5) is 25.7. The summed E-state index contributed by atoms with van der Waals surface area (Å²) in [7, 11) is 1.61. The van der Waals surface area contributed by atoms with E-state index in [-0.39, 0.29) is 24.8 Å². The zero-order valence-corrected chi connectivity index (χ0v) is 12.8. The predicted molar refractivity (Wildman–Crippen MR) is 81.0 cm³/mol. The van der Waals surface area contributed by atoms with Gasteiger partial charge in [0.25, 0.3) is 0 Å². The van der Waals surface area contributed by atoms with Gasteiger partial charge in [0, 0.05) is 12.6 Å². The van der Waals surface area contributed by atoms with Gasteiger partial charge in [-0.3, -0.25) is 14.5 Å². The van der Waals surface area contributed by atoms with Gasteiger partial charge in [0.1, 0.15) is 0 Å². The molecule has 20 heavy (non-hydrogen) atoms. The lowest BCUT2D eigenvalue weighted by atomic mass is 10.0. The van der Waals surface area contributed by atoms with E-state index in [1.807, 2.05) is 43.9 Å². The fourth-order valence-electron chi connectivity index (χ4n) is 2.23. The maximum Gasteiger partial charge on any atom is 0.233 e. The molecule has 0 atom stereocenters. The van der Waals surface area contributed by atoms with Crippen LogP contribution in [0.1, 0.15) is 34.8 Å². The summed E-state index contributed by atoms with van der Waals surface area (Å²) < 4.78 is 0. The summed E-state index contributed by atoms with van der Waals surface area (Å²) in [6.07, 6.45) is 0.914. The molecule has 0 radical (unpaired) electrons. The quantitative estimate of drug-likeness (QED) is 0.774. The number of aryl methyl sites for hydroxylation is 2. The first-order chi connectivity index (χ1) is 9.47. The number of nitrogens with one attached hydrogen (secondary N) is 1. The summed E-state index contributed by atoms with van der Waals surface area (Å²) in [5.41, 5.74) is 2.88. The van der Waals surface area contributed by atoms with Crippen molar-refractivity contribution in [3.63, 3.8) is 0 Å². The zero-order chi connectivity index (χ0) is 15.1. The van der Waals surface area contributed by atoms with Crippen LogP contribution in [0.2, 0.25) is 0 Å². The number of likely N-dealkylation sites (N-methyl/N-ethyl adjacent to an activating group) is 1. The first-order valence-electron chi connectivity index (χ1n) is 7.01. The number of amides is 1. The molecule has 0 heterocycles. The van der Waals surface area contributed by atoms with Crippen molar-refractivity contribution in [3.8, 4) is 0 Å². The highest BCUT2D eigenvalue weighted by Gasteiger charge is 2.16. The molecule has 0 unspecified atom stereocenters. The van der Waals surface area contributed by atoms with Crippen molar-refractivity contribution < 1.29 is 9.59 Å². The van der Waals surface area contributed by atoms with Crippen molar-refractivity contribution in [2.24, 2.45) is 0 Å². The topological polar surface area (TPSA) is 49.4 Å². The van der Waals surface area contributed by atoms with E-state index in [1.54, 1.807) is 7.05 Å². The summed E-state index contributed by atoms with van der Waals surface area (Å²) in [5.74, 6) is 0.00623. The Labute approximate surface area is 121 Å². The van der Waals surface area contributed by atoms with E-state index in [2.05, 4.69) is 5.32 Å². The molecule has 0 aromatic heterocycles. The van der Waals surface area contributed by atoms with E-state index in [0.29, 0.717) is 0 Å². The van der Waals surface area contributed by atoms with E-state index >= 15 is 0 Å². The Hall–Kier alpha value is -1.68. The average Bonchev–Trinajstić information content (AvgIpc) is 2.38. The summed E-state index contributed by atoms with van der Waals surface area (Å²) in [6, 6.07) is 5.83. The van der Waals surface area contributed by atoms with E-state index in [4.69, 9.17) is 0 Å². The van der Waals surface area contributed by atoms with Gasteiger partial charge in [0.15, 0.2) is 5.78 Å². The Morgan fingerprint density at radius 3 is 2.45 bits per heavy atom. The molecule has 1 rings (SSSR count). The van der Waals surface area contributed by atoms with Crippen LogP contribution in [0.5, 0.6) is 0 Å². The second-order valence-corrected chi connectivity index (χ2v) is 5.13. The SMILES string of the molecule is CCCN(CC(=O)NC)CC(=O)c1ccc(C)cc1C. The number of nitrogens with zero attached hydrogens (tertiary/aromatic N) is 1. The molecule has 0 bridgehead atoms. The third-order valence-electron chi connectivity index (χ3n) is 3.24. The molecule has 0 aliphatic carbocycles. The van der Waals surface area contributed by atoms with Crippen molar-refractivity contribution in [2.75, 3.05) is 26.7 Å². The molecule has 0 fully saturated rings. The normalized spacial score (nSPS) is 10.7. The molecular formula is C16H24N2O2. The molecule has 1 aromatic carbocycles. The van der Waals surface area contributed by atoms with Gasteiger partial charge in [-0.15, -0.1) is 0 Å². The Bertz CT molecular complexity index is 483. The van der Waals surface area contributed by atoms with Gasteiger partial charge in [-0.05, 0) is 32.4 Å². The summed E-state index contributed by atoms with van der Waals surface area (Å²) >= 11 is 0. The maximum absolute atomic E-state index is 12.4. The molecule has 1 N–H and O–H groups in total. The Morgan fingerprint density at radius 2 is 1.90 bits per heavy atom. The fraction of sp³-hybridized carbons (Fsp3) is 0.500. The minimum absolute atomic E-state index is 0.0631. The van der Waals surface area contributed by atoms with Crippen LogP contribution in [0.4, 0.5) is 0 Å². The van der Waals surface area contributed by atoms with Gasteiger partial charge in [-0.25, -0.2) is 0 Å². The third kappa shape index (κ3) is 4.78. The van der Waals surface area contributed by atoms with Crippen molar-refractivity contribution in [1.82, 2.24) is 10.2 Å².